The number of hydrogen-bond donors (Lipinski definition) is 1. The van der Waals surface area contributed by atoms with E-state index in [9.17, 15) is 9.59 Å². The Kier molecular flexibility index (Phi) is 6.01. The number of hydrogen-bond acceptors (Lipinski definition) is 8. The van der Waals surface area contributed by atoms with E-state index < -0.39 is 0 Å². The Labute approximate surface area is 198 Å². The van der Waals surface area contributed by atoms with Crippen LogP contribution in [0.1, 0.15) is 0 Å². The minimum atomic E-state index is -0.306. The Morgan fingerprint density at radius 1 is 1.06 bits per heavy atom. The molecule has 0 aliphatic carbocycles. The summed E-state index contributed by atoms with van der Waals surface area (Å²) in [6.45, 7) is 2.72. The Morgan fingerprint density at radius 3 is 2.55 bits per heavy atom. The van der Waals surface area contributed by atoms with Crippen LogP contribution in [0.4, 0.5) is 5.82 Å². The van der Waals surface area contributed by atoms with Gasteiger partial charge in [0.2, 0.25) is 5.91 Å². The second kappa shape index (κ2) is 9.24. The number of thiophene rings is 1. The van der Waals surface area contributed by atoms with Crippen LogP contribution < -0.4 is 16.3 Å². The summed E-state index contributed by atoms with van der Waals surface area (Å²) in [6, 6.07) is 15.5. The fourth-order valence-electron chi connectivity index (χ4n) is 3.86. The van der Waals surface area contributed by atoms with Crippen LogP contribution in [0.3, 0.4) is 0 Å². The Hall–Kier alpha value is -3.37. The molecule has 0 saturated carbocycles. The standard InChI is InChI=1S/C23H22N6O2S2/c24-29-22(31)20-17(16-6-2-1-3-7-16)14-32-21(20)26-23(29)33-15-19(30)28-12-10-27(11-13-28)18-8-4-5-9-25-18/h1-9,14H,10-13,15,24H2. The predicted molar refractivity (Wildman–Crippen MR) is 133 cm³/mol. The summed E-state index contributed by atoms with van der Waals surface area (Å²) in [5, 5.41) is 2.78. The summed E-state index contributed by atoms with van der Waals surface area (Å²) in [5.41, 5.74) is 1.47. The molecule has 0 bridgehead atoms. The normalized spacial score (nSPS) is 14.1. The summed E-state index contributed by atoms with van der Waals surface area (Å²) in [5.74, 6) is 7.20. The van der Waals surface area contributed by atoms with E-state index in [1.165, 1.54) is 23.1 Å². The first-order valence-electron chi connectivity index (χ1n) is 10.5. The van der Waals surface area contributed by atoms with E-state index in [0.717, 1.165) is 34.7 Å². The van der Waals surface area contributed by atoms with Crippen LogP contribution in [0.2, 0.25) is 0 Å². The number of thioether (sulfide) groups is 1. The Morgan fingerprint density at radius 2 is 1.82 bits per heavy atom. The Balaban J connectivity index is 1.27. The fraction of sp³-hybridized carbons (Fsp3) is 0.217. The molecule has 5 rings (SSSR count). The molecule has 0 atom stereocenters. The highest BCUT2D eigenvalue weighted by atomic mass is 32.2. The molecule has 1 saturated heterocycles. The van der Waals surface area contributed by atoms with E-state index in [0.29, 0.717) is 28.5 Å². The summed E-state index contributed by atoms with van der Waals surface area (Å²) >= 11 is 2.60. The molecule has 168 valence electrons. The second-order valence-corrected chi connectivity index (χ2v) is 9.41. The zero-order chi connectivity index (χ0) is 22.8. The molecule has 0 radical (unpaired) electrons. The molecular formula is C23H22N6O2S2. The summed E-state index contributed by atoms with van der Waals surface area (Å²) in [7, 11) is 0. The van der Waals surface area contributed by atoms with E-state index in [1.54, 1.807) is 6.20 Å². The maximum absolute atomic E-state index is 13.0. The van der Waals surface area contributed by atoms with E-state index >= 15 is 0 Å². The van der Waals surface area contributed by atoms with E-state index in [4.69, 9.17) is 5.84 Å². The van der Waals surface area contributed by atoms with Crippen molar-refractivity contribution < 1.29 is 4.79 Å². The van der Waals surface area contributed by atoms with E-state index in [-0.39, 0.29) is 17.2 Å². The first-order valence-corrected chi connectivity index (χ1v) is 12.4. The van der Waals surface area contributed by atoms with Crippen molar-refractivity contribution in [3.05, 3.63) is 70.5 Å². The number of rotatable bonds is 5. The topological polar surface area (TPSA) is 97.3 Å². The van der Waals surface area contributed by atoms with Gasteiger partial charge in [-0.2, -0.15) is 0 Å². The third kappa shape index (κ3) is 4.31. The number of pyridine rings is 1. The number of anilines is 1. The van der Waals surface area contributed by atoms with Crippen molar-refractivity contribution in [2.75, 3.05) is 42.7 Å². The van der Waals surface area contributed by atoms with Gasteiger partial charge in [-0.3, -0.25) is 9.59 Å². The third-order valence-electron chi connectivity index (χ3n) is 5.62. The molecule has 2 N–H and O–H groups in total. The lowest BCUT2D eigenvalue weighted by atomic mass is 10.1. The van der Waals surface area contributed by atoms with Gasteiger partial charge in [-0.05, 0) is 17.7 Å². The highest BCUT2D eigenvalue weighted by Crippen LogP contribution is 2.31. The first kappa shape index (κ1) is 21.5. The lowest BCUT2D eigenvalue weighted by molar-refractivity contribution is -0.128. The van der Waals surface area contributed by atoms with Crippen molar-refractivity contribution in [3.8, 4) is 11.1 Å². The fourth-order valence-corrected chi connectivity index (χ4v) is 5.67. The van der Waals surface area contributed by atoms with Gasteiger partial charge in [-0.25, -0.2) is 14.6 Å². The quantitative estimate of drug-likeness (QED) is 0.268. The predicted octanol–water partition coefficient (Wildman–Crippen LogP) is 2.67. The minimum Gasteiger partial charge on any atom is -0.353 e. The van der Waals surface area contributed by atoms with E-state index in [1.807, 2.05) is 58.8 Å². The number of carbonyl (C=O) groups is 1. The molecule has 3 aromatic heterocycles. The summed E-state index contributed by atoms with van der Waals surface area (Å²) in [4.78, 5) is 39.4. The average molecular weight is 479 g/mol. The van der Waals surface area contributed by atoms with Gasteiger partial charge in [0.1, 0.15) is 10.6 Å². The number of nitrogen functional groups attached to an aromatic ring is 1. The monoisotopic (exact) mass is 478 g/mol. The zero-order valence-corrected chi connectivity index (χ0v) is 19.4. The van der Waals surface area contributed by atoms with Crippen molar-refractivity contribution in [1.82, 2.24) is 19.5 Å². The highest BCUT2D eigenvalue weighted by molar-refractivity contribution is 7.99. The van der Waals surface area contributed by atoms with Crippen LogP contribution in [0.15, 0.2) is 70.1 Å². The van der Waals surface area contributed by atoms with Gasteiger partial charge in [-0.1, -0.05) is 48.2 Å². The molecule has 4 heterocycles. The van der Waals surface area contributed by atoms with Crippen molar-refractivity contribution in [2.45, 2.75) is 5.16 Å². The first-order chi connectivity index (χ1) is 16.1. The number of piperazine rings is 1. The van der Waals surface area contributed by atoms with Gasteiger partial charge in [0, 0.05) is 43.3 Å². The van der Waals surface area contributed by atoms with Gasteiger partial charge < -0.3 is 15.6 Å². The summed E-state index contributed by atoms with van der Waals surface area (Å²) in [6.07, 6.45) is 1.77. The number of amides is 1. The highest BCUT2D eigenvalue weighted by Gasteiger charge is 2.23. The maximum atomic E-state index is 13.0. The Bertz CT molecular complexity index is 1330. The van der Waals surface area contributed by atoms with Crippen LogP contribution in [0.25, 0.3) is 21.3 Å². The van der Waals surface area contributed by atoms with Crippen LogP contribution in [0.5, 0.6) is 0 Å². The number of aromatic nitrogens is 3. The molecule has 8 nitrogen and oxygen atoms in total. The lowest BCUT2D eigenvalue weighted by Gasteiger charge is -2.35. The molecule has 1 aliphatic heterocycles. The van der Waals surface area contributed by atoms with Crippen molar-refractivity contribution in [3.63, 3.8) is 0 Å². The van der Waals surface area contributed by atoms with Crippen LogP contribution >= 0.6 is 23.1 Å². The smallest absolute Gasteiger partial charge is 0.282 e. The van der Waals surface area contributed by atoms with Crippen LogP contribution in [0, 0.1) is 0 Å². The molecule has 0 spiro atoms. The second-order valence-electron chi connectivity index (χ2n) is 7.61. The van der Waals surface area contributed by atoms with Crippen LogP contribution in [-0.4, -0.2) is 57.4 Å². The SMILES string of the molecule is Nn1c(SCC(=O)N2CCN(c3ccccn3)CC2)nc2scc(-c3ccccc3)c2c1=O. The molecule has 1 aromatic carbocycles. The number of nitrogens with zero attached hydrogens (tertiary/aromatic N) is 5. The van der Waals surface area contributed by atoms with Crippen molar-refractivity contribution in [1.29, 1.82) is 0 Å². The average Bonchev–Trinajstić information content (AvgIpc) is 3.30. The number of fused-ring (bicyclic) bond motifs is 1. The van der Waals surface area contributed by atoms with Gasteiger partial charge in [0.25, 0.3) is 5.56 Å². The molecule has 1 aliphatic rings. The number of nitrogens with two attached hydrogens (primary N) is 1. The summed E-state index contributed by atoms with van der Waals surface area (Å²) < 4.78 is 1.05. The number of carbonyl (C=O) groups excluding carboxylic acids is 1. The van der Waals surface area contributed by atoms with Crippen LogP contribution in [-0.2, 0) is 4.79 Å². The zero-order valence-electron chi connectivity index (χ0n) is 17.8. The minimum absolute atomic E-state index is 0.00571. The van der Waals surface area contributed by atoms with Gasteiger partial charge in [0.05, 0.1) is 11.1 Å². The molecular weight excluding hydrogens is 456 g/mol. The lowest BCUT2D eigenvalue weighted by Crippen LogP contribution is -2.49. The van der Waals surface area contributed by atoms with Gasteiger partial charge in [-0.15, -0.1) is 11.3 Å². The van der Waals surface area contributed by atoms with Crippen molar-refractivity contribution >= 4 is 45.0 Å². The van der Waals surface area contributed by atoms with E-state index in [2.05, 4.69) is 14.9 Å². The molecule has 1 amide bonds. The van der Waals surface area contributed by atoms with Gasteiger partial charge in [0.15, 0.2) is 5.16 Å². The maximum Gasteiger partial charge on any atom is 0.282 e. The third-order valence-corrected chi connectivity index (χ3v) is 7.43. The number of benzene rings is 1. The van der Waals surface area contributed by atoms with Crippen molar-refractivity contribution in [2.24, 2.45) is 0 Å². The largest absolute Gasteiger partial charge is 0.353 e. The molecule has 1 fully saturated rings. The molecule has 10 heteroatoms. The molecule has 33 heavy (non-hydrogen) atoms. The molecule has 4 aromatic rings. The van der Waals surface area contributed by atoms with Gasteiger partial charge >= 0.3 is 0 Å². The molecule has 0 unspecified atom stereocenters.